The van der Waals surface area contributed by atoms with E-state index in [9.17, 15) is 4.79 Å². The molecule has 5 nitrogen and oxygen atoms in total. The number of nitrogens with zero attached hydrogens (tertiary/aromatic N) is 2. The van der Waals surface area contributed by atoms with E-state index in [1.54, 1.807) is 7.11 Å². The first-order valence-corrected chi connectivity index (χ1v) is 8.11. The molecule has 1 heterocycles. The van der Waals surface area contributed by atoms with Crippen LogP contribution in [0.15, 0.2) is 24.3 Å². The number of methoxy groups -OCH3 is 1. The number of ether oxygens (including phenoxy) is 1. The Bertz CT molecular complexity index is 505. The predicted octanol–water partition coefficient (Wildman–Crippen LogP) is 1.48. The number of amides is 1. The van der Waals surface area contributed by atoms with Crippen molar-refractivity contribution in [3.05, 3.63) is 24.3 Å². The molecular weight excluding hydrogens is 278 g/mol. The molecule has 2 aliphatic rings. The van der Waals surface area contributed by atoms with Gasteiger partial charge in [-0.2, -0.15) is 0 Å². The highest BCUT2D eigenvalue weighted by Gasteiger charge is 2.29. The van der Waals surface area contributed by atoms with Gasteiger partial charge in [-0.3, -0.25) is 9.69 Å². The monoisotopic (exact) mass is 303 g/mol. The van der Waals surface area contributed by atoms with Crippen LogP contribution in [0.3, 0.4) is 0 Å². The van der Waals surface area contributed by atoms with Gasteiger partial charge in [-0.1, -0.05) is 0 Å². The quantitative estimate of drug-likeness (QED) is 0.895. The van der Waals surface area contributed by atoms with E-state index in [1.165, 1.54) is 5.69 Å². The van der Waals surface area contributed by atoms with Crippen molar-refractivity contribution < 1.29 is 9.53 Å². The average molecular weight is 303 g/mol. The average Bonchev–Trinajstić information content (AvgIpc) is 3.38. The summed E-state index contributed by atoms with van der Waals surface area (Å²) in [7, 11) is 1.68. The number of carbonyl (C=O) groups excluding carboxylic acids is 1. The van der Waals surface area contributed by atoms with E-state index >= 15 is 0 Å². The van der Waals surface area contributed by atoms with Gasteiger partial charge >= 0.3 is 0 Å². The summed E-state index contributed by atoms with van der Waals surface area (Å²) in [4.78, 5) is 16.8. The summed E-state index contributed by atoms with van der Waals surface area (Å²) in [5.74, 6) is 1.06. The van der Waals surface area contributed by atoms with Crippen LogP contribution < -0.4 is 15.0 Å². The van der Waals surface area contributed by atoms with Crippen LogP contribution in [0.2, 0.25) is 0 Å². The summed E-state index contributed by atoms with van der Waals surface area (Å²) in [6.45, 7) is 5.76. The van der Waals surface area contributed by atoms with Crippen LogP contribution >= 0.6 is 0 Å². The van der Waals surface area contributed by atoms with E-state index in [0.29, 0.717) is 6.04 Å². The zero-order chi connectivity index (χ0) is 15.5. The molecule has 2 fully saturated rings. The van der Waals surface area contributed by atoms with Gasteiger partial charge in [0.05, 0.1) is 13.2 Å². The maximum Gasteiger partial charge on any atom is 0.237 e. The highest BCUT2D eigenvalue weighted by atomic mass is 16.5. The maximum absolute atomic E-state index is 12.1. The SMILES string of the molecule is COc1ccc(N2CCN([C@@H](C)C(=O)NC3CC3)CC2)cc1. The molecule has 1 atom stereocenters. The van der Waals surface area contributed by atoms with E-state index in [0.717, 1.165) is 44.8 Å². The smallest absolute Gasteiger partial charge is 0.237 e. The molecule has 1 saturated heterocycles. The molecule has 5 heteroatoms. The number of anilines is 1. The lowest BCUT2D eigenvalue weighted by atomic mass is 10.2. The van der Waals surface area contributed by atoms with Gasteiger partial charge < -0.3 is 15.0 Å². The summed E-state index contributed by atoms with van der Waals surface area (Å²) in [6.07, 6.45) is 2.29. The Balaban J connectivity index is 1.51. The minimum atomic E-state index is -0.0291. The van der Waals surface area contributed by atoms with Crippen LogP contribution in [-0.2, 0) is 4.79 Å². The van der Waals surface area contributed by atoms with Crippen LogP contribution in [-0.4, -0.2) is 56.2 Å². The predicted molar refractivity (Wildman–Crippen MR) is 87.4 cm³/mol. The lowest BCUT2D eigenvalue weighted by Gasteiger charge is -2.38. The van der Waals surface area contributed by atoms with Crippen LogP contribution in [0.4, 0.5) is 5.69 Å². The number of rotatable bonds is 5. The first-order chi connectivity index (χ1) is 10.7. The number of carbonyl (C=O) groups is 1. The fourth-order valence-corrected chi connectivity index (χ4v) is 2.88. The second kappa shape index (κ2) is 6.57. The maximum atomic E-state index is 12.1. The Labute approximate surface area is 132 Å². The number of hydrogen-bond donors (Lipinski definition) is 1. The van der Waals surface area contributed by atoms with Crippen molar-refractivity contribution in [2.24, 2.45) is 0 Å². The molecule has 0 aromatic heterocycles. The Hall–Kier alpha value is -1.75. The zero-order valence-corrected chi connectivity index (χ0v) is 13.4. The van der Waals surface area contributed by atoms with Gasteiger partial charge in [0, 0.05) is 37.9 Å². The highest BCUT2D eigenvalue weighted by Crippen LogP contribution is 2.22. The molecule has 0 spiro atoms. The Kier molecular flexibility index (Phi) is 4.52. The molecule has 1 N–H and O–H groups in total. The number of hydrogen-bond acceptors (Lipinski definition) is 4. The van der Waals surface area contributed by atoms with Gasteiger partial charge in [-0.25, -0.2) is 0 Å². The normalized spacial score (nSPS) is 20.5. The van der Waals surface area contributed by atoms with E-state index in [-0.39, 0.29) is 11.9 Å². The summed E-state index contributed by atoms with van der Waals surface area (Å²) in [6, 6.07) is 8.59. The fourth-order valence-electron chi connectivity index (χ4n) is 2.88. The molecule has 120 valence electrons. The third kappa shape index (κ3) is 3.53. The number of benzene rings is 1. The molecule has 3 rings (SSSR count). The summed E-state index contributed by atoms with van der Waals surface area (Å²) in [5, 5.41) is 3.10. The summed E-state index contributed by atoms with van der Waals surface area (Å²) < 4.78 is 5.20. The van der Waals surface area contributed by atoms with Crippen molar-refractivity contribution in [1.82, 2.24) is 10.2 Å². The van der Waals surface area contributed by atoms with Gasteiger partial charge in [0.2, 0.25) is 5.91 Å². The number of piperazine rings is 1. The lowest BCUT2D eigenvalue weighted by molar-refractivity contribution is -0.126. The molecule has 1 saturated carbocycles. The van der Waals surface area contributed by atoms with E-state index in [2.05, 4.69) is 27.2 Å². The Morgan fingerprint density at radius 1 is 1.18 bits per heavy atom. The molecule has 1 aromatic rings. The van der Waals surface area contributed by atoms with Gasteiger partial charge in [0.25, 0.3) is 0 Å². The molecule has 1 amide bonds. The number of nitrogens with one attached hydrogen (secondary N) is 1. The second-order valence-corrected chi connectivity index (χ2v) is 6.18. The summed E-state index contributed by atoms with van der Waals surface area (Å²) in [5.41, 5.74) is 1.22. The van der Waals surface area contributed by atoms with Crippen LogP contribution in [0, 0.1) is 0 Å². The first-order valence-electron chi connectivity index (χ1n) is 8.11. The van der Waals surface area contributed by atoms with Gasteiger partial charge in [-0.05, 0) is 44.0 Å². The Morgan fingerprint density at radius 3 is 2.36 bits per heavy atom. The van der Waals surface area contributed by atoms with Crippen molar-refractivity contribution >= 4 is 11.6 Å². The van der Waals surface area contributed by atoms with Crippen molar-refractivity contribution in [2.45, 2.75) is 31.8 Å². The molecule has 22 heavy (non-hydrogen) atoms. The van der Waals surface area contributed by atoms with E-state index in [4.69, 9.17) is 4.74 Å². The standard InChI is InChI=1S/C17H25N3O2/c1-13(17(21)18-14-3-4-14)19-9-11-20(12-10-19)15-5-7-16(22-2)8-6-15/h5-8,13-14H,3-4,9-12H2,1-2H3,(H,18,21)/t13-/m0/s1. The van der Waals surface area contributed by atoms with Crippen LogP contribution in [0.25, 0.3) is 0 Å². The topological polar surface area (TPSA) is 44.8 Å². The molecule has 0 unspecified atom stereocenters. The second-order valence-electron chi connectivity index (χ2n) is 6.18. The molecule has 1 aliphatic heterocycles. The minimum Gasteiger partial charge on any atom is -0.497 e. The largest absolute Gasteiger partial charge is 0.497 e. The van der Waals surface area contributed by atoms with Crippen molar-refractivity contribution in [3.63, 3.8) is 0 Å². The third-order valence-electron chi connectivity index (χ3n) is 4.60. The first kappa shape index (κ1) is 15.2. The third-order valence-corrected chi connectivity index (χ3v) is 4.60. The lowest BCUT2D eigenvalue weighted by Crippen LogP contribution is -2.54. The fraction of sp³-hybridized carbons (Fsp3) is 0.588. The summed E-state index contributed by atoms with van der Waals surface area (Å²) >= 11 is 0. The molecule has 1 aromatic carbocycles. The van der Waals surface area contributed by atoms with Crippen LogP contribution in [0.1, 0.15) is 19.8 Å². The van der Waals surface area contributed by atoms with E-state index in [1.807, 2.05) is 19.1 Å². The van der Waals surface area contributed by atoms with Crippen LogP contribution in [0.5, 0.6) is 5.75 Å². The van der Waals surface area contributed by atoms with Gasteiger partial charge in [0.15, 0.2) is 0 Å². The minimum absolute atomic E-state index is 0.0291. The van der Waals surface area contributed by atoms with Gasteiger partial charge in [0.1, 0.15) is 5.75 Å². The van der Waals surface area contributed by atoms with Crippen molar-refractivity contribution in [2.75, 3.05) is 38.2 Å². The van der Waals surface area contributed by atoms with Gasteiger partial charge in [-0.15, -0.1) is 0 Å². The molecule has 0 radical (unpaired) electrons. The van der Waals surface area contributed by atoms with E-state index < -0.39 is 0 Å². The Morgan fingerprint density at radius 2 is 1.82 bits per heavy atom. The molecule has 0 bridgehead atoms. The van der Waals surface area contributed by atoms with Crippen molar-refractivity contribution in [1.29, 1.82) is 0 Å². The van der Waals surface area contributed by atoms with Crippen molar-refractivity contribution in [3.8, 4) is 5.75 Å². The molecule has 1 aliphatic carbocycles. The zero-order valence-electron chi connectivity index (χ0n) is 13.4. The molecular formula is C17H25N3O2. The highest BCUT2D eigenvalue weighted by molar-refractivity contribution is 5.81.